The van der Waals surface area contributed by atoms with Gasteiger partial charge in [-0.2, -0.15) is 0 Å². The van der Waals surface area contributed by atoms with E-state index in [0.717, 1.165) is 36.1 Å². The molecule has 1 aliphatic heterocycles. The first kappa shape index (κ1) is 21.6. The largest absolute Gasteiger partial charge is 0.507 e. The van der Waals surface area contributed by atoms with Gasteiger partial charge in [0.15, 0.2) is 0 Å². The van der Waals surface area contributed by atoms with Crippen molar-refractivity contribution >= 4 is 28.8 Å². The van der Waals surface area contributed by atoms with Gasteiger partial charge >= 0.3 is 0 Å². The fraction of sp³-hybridized carbons (Fsp3) is 0.440. The van der Waals surface area contributed by atoms with Crippen molar-refractivity contribution in [2.75, 3.05) is 7.11 Å². The molecule has 1 aromatic heterocycles. The maximum atomic E-state index is 13.2. The van der Waals surface area contributed by atoms with Crippen LogP contribution in [-0.4, -0.2) is 34.8 Å². The summed E-state index contributed by atoms with van der Waals surface area (Å²) in [7, 11) is 1.54. The fourth-order valence-electron chi connectivity index (χ4n) is 4.64. The topological polar surface area (TPSA) is 66.8 Å². The third-order valence-corrected chi connectivity index (χ3v) is 7.26. The maximum absolute atomic E-state index is 13.2. The molecular weight excluding hydrogens is 410 g/mol. The number of ether oxygens (including phenoxy) is 1. The Labute approximate surface area is 187 Å². The van der Waals surface area contributed by atoms with E-state index in [9.17, 15) is 14.7 Å². The average molecular weight is 440 g/mol. The summed E-state index contributed by atoms with van der Waals surface area (Å²) in [4.78, 5) is 29.0. The molecule has 1 saturated carbocycles. The Kier molecular flexibility index (Phi) is 5.69. The first-order valence-electron chi connectivity index (χ1n) is 10.8. The molecule has 1 unspecified atom stereocenters. The van der Waals surface area contributed by atoms with E-state index in [0.29, 0.717) is 11.3 Å². The minimum Gasteiger partial charge on any atom is -0.507 e. The van der Waals surface area contributed by atoms with Gasteiger partial charge in [0, 0.05) is 10.9 Å². The van der Waals surface area contributed by atoms with Crippen molar-refractivity contribution in [1.29, 1.82) is 0 Å². The second kappa shape index (κ2) is 8.15. The summed E-state index contributed by atoms with van der Waals surface area (Å²) in [6.45, 7) is 6.26. The van der Waals surface area contributed by atoms with Gasteiger partial charge in [0.2, 0.25) is 0 Å². The normalized spacial score (nSPS) is 21.8. The lowest BCUT2D eigenvalue weighted by molar-refractivity contribution is -0.141. The van der Waals surface area contributed by atoms with Crippen LogP contribution < -0.4 is 4.74 Å². The molecule has 0 bridgehead atoms. The number of amides is 1. The number of methoxy groups -OCH3 is 1. The Morgan fingerprint density at radius 1 is 1.16 bits per heavy atom. The van der Waals surface area contributed by atoms with Crippen molar-refractivity contribution in [3.8, 4) is 5.75 Å². The number of rotatable bonds is 4. The number of aliphatic hydroxyl groups is 1. The molecule has 164 valence electrons. The second-order valence-electron chi connectivity index (χ2n) is 9.33. The highest BCUT2D eigenvalue weighted by Gasteiger charge is 2.49. The molecule has 31 heavy (non-hydrogen) atoms. The van der Waals surface area contributed by atoms with Crippen LogP contribution in [-0.2, 0) is 15.0 Å². The van der Waals surface area contributed by atoms with Crippen LogP contribution in [0.3, 0.4) is 0 Å². The summed E-state index contributed by atoms with van der Waals surface area (Å²) in [5, 5.41) is 13.4. The van der Waals surface area contributed by atoms with Gasteiger partial charge in [-0.15, -0.1) is 11.3 Å². The summed E-state index contributed by atoms with van der Waals surface area (Å²) in [5.41, 5.74) is 1.46. The molecule has 1 saturated heterocycles. The number of carbonyl (C=O) groups is 2. The Hall–Kier alpha value is -2.60. The lowest BCUT2D eigenvalue weighted by atomic mass is 9.85. The number of hydrogen-bond acceptors (Lipinski definition) is 5. The lowest BCUT2D eigenvalue weighted by Gasteiger charge is -2.30. The standard InChI is InChI=1S/C25H29NO4S/c1-25(2,3)15-11-12-18(30-4)17(14-15)22(27)20-21(19-10-7-13-31-19)26(24(29)23(20)28)16-8-5-6-9-16/h7,10-14,16,21,27H,5-6,8-9H2,1-4H3/b22-20+. The number of hydrogen-bond donors (Lipinski definition) is 1. The minimum absolute atomic E-state index is 0.0247. The molecule has 0 spiro atoms. The van der Waals surface area contributed by atoms with Crippen molar-refractivity contribution in [3.05, 3.63) is 57.3 Å². The number of thiophene rings is 1. The number of Topliss-reactive ketones (excluding diaryl/α,β-unsaturated/α-hetero) is 1. The van der Waals surface area contributed by atoms with E-state index < -0.39 is 17.7 Å². The Morgan fingerprint density at radius 3 is 2.45 bits per heavy atom. The van der Waals surface area contributed by atoms with Crippen LogP contribution in [0.1, 0.15) is 68.5 Å². The van der Waals surface area contributed by atoms with Gasteiger partial charge in [-0.1, -0.05) is 45.7 Å². The summed E-state index contributed by atoms with van der Waals surface area (Å²) in [5.74, 6) is -0.827. The number of nitrogens with zero attached hydrogens (tertiary/aromatic N) is 1. The van der Waals surface area contributed by atoms with Crippen LogP contribution in [0.25, 0.3) is 5.76 Å². The van der Waals surface area contributed by atoms with Crippen LogP contribution in [0.2, 0.25) is 0 Å². The van der Waals surface area contributed by atoms with E-state index in [-0.39, 0.29) is 22.8 Å². The van der Waals surface area contributed by atoms with E-state index in [1.165, 1.54) is 18.4 Å². The lowest BCUT2D eigenvalue weighted by Crippen LogP contribution is -2.37. The van der Waals surface area contributed by atoms with E-state index in [1.54, 1.807) is 4.90 Å². The Balaban J connectivity index is 1.91. The fourth-order valence-corrected chi connectivity index (χ4v) is 5.47. The van der Waals surface area contributed by atoms with Crippen molar-refractivity contribution in [1.82, 2.24) is 4.90 Å². The first-order valence-corrected chi connectivity index (χ1v) is 11.6. The van der Waals surface area contributed by atoms with Gasteiger partial charge in [0.1, 0.15) is 11.5 Å². The van der Waals surface area contributed by atoms with Crippen molar-refractivity contribution in [2.45, 2.75) is 64.0 Å². The zero-order chi connectivity index (χ0) is 22.3. The van der Waals surface area contributed by atoms with Gasteiger partial charge in [-0.25, -0.2) is 0 Å². The van der Waals surface area contributed by atoms with Crippen molar-refractivity contribution in [3.63, 3.8) is 0 Å². The van der Waals surface area contributed by atoms with Crippen LogP contribution in [0.15, 0.2) is 41.3 Å². The molecule has 5 nitrogen and oxygen atoms in total. The molecule has 1 N–H and O–H groups in total. The van der Waals surface area contributed by atoms with Gasteiger partial charge in [0.05, 0.1) is 24.3 Å². The molecule has 1 aliphatic carbocycles. The molecule has 2 heterocycles. The summed E-state index contributed by atoms with van der Waals surface area (Å²) in [6, 6.07) is 8.94. The smallest absolute Gasteiger partial charge is 0.295 e. The second-order valence-corrected chi connectivity index (χ2v) is 10.3. The SMILES string of the molecule is COc1ccc(C(C)(C)C)cc1/C(O)=C1\C(=O)C(=O)N(C2CCCC2)C1c1cccs1. The van der Waals surface area contributed by atoms with Crippen LogP contribution >= 0.6 is 11.3 Å². The van der Waals surface area contributed by atoms with Gasteiger partial charge in [0.25, 0.3) is 11.7 Å². The van der Waals surface area contributed by atoms with E-state index in [2.05, 4.69) is 20.8 Å². The molecule has 2 aliphatic rings. The van der Waals surface area contributed by atoms with Gasteiger partial charge in [-0.3, -0.25) is 9.59 Å². The predicted octanol–water partition coefficient (Wildman–Crippen LogP) is 5.42. The quantitative estimate of drug-likeness (QED) is 0.392. The summed E-state index contributed by atoms with van der Waals surface area (Å²) < 4.78 is 5.51. The van der Waals surface area contributed by atoms with Crippen LogP contribution in [0.4, 0.5) is 0 Å². The third-order valence-electron chi connectivity index (χ3n) is 6.33. The van der Waals surface area contributed by atoms with E-state index >= 15 is 0 Å². The summed E-state index contributed by atoms with van der Waals surface area (Å²) >= 11 is 1.50. The van der Waals surface area contributed by atoms with E-state index in [4.69, 9.17) is 4.74 Å². The monoisotopic (exact) mass is 439 g/mol. The molecule has 2 aromatic rings. The zero-order valence-corrected chi connectivity index (χ0v) is 19.3. The van der Waals surface area contributed by atoms with Gasteiger partial charge < -0.3 is 14.7 Å². The predicted molar refractivity (Wildman–Crippen MR) is 122 cm³/mol. The molecular formula is C25H29NO4S. The Morgan fingerprint density at radius 2 is 1.87 bits per heavy atom. The number of benzene rings is 1. The molecule has 2 fully saturated rings. The molecule has 6 heteroatoms. The van der Waals surface area contributed by atoms with Crippen molar-refractivity contribution < 1.29 is 19.4 Å². The molecule has 4 rings (SSSR count). The van der Waals surface area contributed by atoms with Crippen LogP contribution in [0, 0.1) is 0 Å². The highest BCUT2D eigenvalue weighted by molar-refractivity contribution is 7.10. The van der Waals surface area contributed by atoms with Crippen LogP contribution in [0.5, 0.6) is 5.75 Å². The van der Waals surface area contributed by atoms with Crippen molar-refractivity contribution in [2.24, 2.45) is 0 Å². The molecule has 1 amide bonds. The highest BCUT2D eigenvalue weighted by Crippen LogP contribution is 2.45. The van der Waals surface area contributed by atoms with Gasteiger partial charge in [-0.05, 0) is 47.4 Å². The third kappa shape index (κ3) is 3.78. The number of ketones is 1. The number of carbonyl (C=O) groups excluding carboxylic acids is 2. The Bertz CT molecular complexity index is 1030. The molecule has 0 radical (unpaired) electrons. The minimum atomic E-state index is -0.619. The van der Waals surface area contributed by atoms with E-state index in [1.807, 2.05) is 35.7 Å². The summed E-state index contributed by atoms with van der Waals surface area (Å²) in [6.07, 6.45) is 3.87. The molecule has 1 aromatic carbocycles. The number of aliphatic hydroxyl groups excluding tert-OH is 1. The number of likely N-dealkylation sites (tertiary alicyclic amines) is 1. The average Bonchev–Trinajstić information content (AvgIpc) is 3.48. The first-order chi connectivity index (χ1) is 14.7. The highest BCUT2D eigenvalue weighted by atomic mass is 32.1. The maximum Gasteiger partial charge on any atom is 0.295 e. The zero-order valence-electron chi connectivity index (χ0n) is 18.5. The molecule has 1 atom stereocenters.